The summed E-state index contributed by atoms with van der Waals surface area (Å²) in [5.74, 6) is 0. The molecule has 0 aromatic heterocycles. The van der Waals surface area contributed by atoms with E-state index in [1.54, 1.807) is 0 Å². The molecule has 9 aromatic carbocycles. The van der Waals surface area contributed by atoms with Crippen molar-refractivity contribution in [3.8, 4) is 0 Å². The average molecular weight is 827 g/mol. The van der Waals surface area contributed by atoms with Crippen molar-refractivity contribution in [1.82, 2.24) is 0 Å². The van der Waals surface area contributed by atoms with Crippen LogP contribution < -0.4 is 35.2 Å². The largest absolute Gasteiger partial charge is 1.00 e. The van der Waals surface area contributed by atoms with Gasteiger partial charge in [0.2, 0.25) is 0 Å². The molecule has 9 rings (SSSR count). The molecule has 0 aliphatic heterocycles. The Morgan fingerprint density at radius 3 is 1.09 bits per heavy atom. The van der Waals surface area contributed by atoms with Crippen LogP contribution in [0.4, 0.5) is 0 Å². The second-order valence-electron chi connectivity index (χ2n) is 10.5. The first-order valence-corrected chi connectivity index (χ1v) is 15.9. The summed E-state index contributed by atoms with van der Waals surface area (Å²) in [5.41, 5.74) is 0. The molecule has 0 nitrogen and oxygen atoms in total. The van der Waals surface area contributed by atoms with Crippen LogP contribution >= 0.6 is 0 Å². The summed E-state index contributed by atoms with van der Waals surface area (Å²) in [6, 6.07) is 69.8. The Morgan fingerprint density at radius 1 is 0.340 bits per heavy atom. The van der Waals surface area contributed by atoms with Gasteiger partial charge in [-0.05, 0) is 0 Å². The summed E-state index contributed by atoms with van der Waals surface area (Å²) in [6.45, 7) is 0. The number of rotatable bonds is 2. The molecule has 0 aliphatic carbocycles. The minimum atomic E-state index is 0. The standard InChI is InChI=1S/C13H9.C12H10Si.2C9H7.2ClH.Hf/c1-3-7-12-10(5-1)9-11-6-2-4-8-13(11)12;1-3-7-11(8-4-1)13-12-9-5-2-6-10-12;2*1-2-5-9-7-3-6-8(9)4-1;;;/h1-9H;1-10H;2*1-7H;2*1H;/q-1;;2*-1;;;/p-2. The predicted molar refractivity (Wildman–Crippen MR) is 194 cm³/mol. The van der Waals surface area contributed by atoms with E-state index in [9.17, 15) is 0 Å². The van der Waals surface area contributed by atoms with Crippen LogP contribution in [-0.2, 0) is 25.8 Å². The maximum Gasteiger partial charge on any atom is 0.121 e. The van der Waals surface area contributed by atoms with Gasteiger partial charge in [-0.1, -0.05) is 120 Å². The SMILES string of the molecule is [Cl-].[Cl-].[Hf].c1ccc([Si]c2ccccc2)cc1.c1ccc2[cH-]ccc2c1.c1ccc2[cH-]ccc2c1.c1ccc2c(c1)[cH-]c1ccccc12. The number of hydrogen-bond donors (Lipinski definition) is 0. The van der Waals surface area contributed by atoms with Crippen molar-refractivity contribution in [2.45, 2.75) is 0 Å². The smallest absolute Gasteiger partial charge is 0.121 e. The molecular formula is C43H33Cl2HfSi-5. The molecule has 47 heavy (non-hydrogen) atoms. The van der Waals surface area contributed by atoms with Crippen LogP contribution in [0.15, 0.2) is 200 Å². The molecule has 0 saturated carbocycles. The maximum absolute atomic E-state index is 2.24. The van der Waals surface area contributed by atoms with E-state index < -0.39 is 0 Å². The quantitative estimate of drug-likeness (QED) is 0.182. The van der Waals surface area contributed by atoms with Gasteiger partial charge in [0.1, 0.15) is 9.52 Å². The molecule has 0 amide bonds. The van der Waals surface area contributed by atoms with Crippen LogP contribution in [-0.4, -0.2) is 9.52 Å². The average Bonchev–Trinajstić information content (AvgIpc) is 3.85. The molecule has 0 heterocycles. The summed E-state index contributed by atoms with van der Waals surface area (Å²) in [4.78, 5) is 0. The van der Waals surface area contributed by atoms with Crippen LogP contribution in [0.5, 0.6) is 0 Å². The normalized spacial score (nSPS) is 9.70. The molecule has 0 bridgehead atoms. The van der Waals surface area contributed by atoms with E-state index >= 15 is 0 Å². The molecule has 232 valence electrons. The minimum absolute atomic E-state index is 0. The Labute approximate surface area is 311 Å². The molecule has 0 aliphatic rings. The Morgan fingerprint density at radius 2 is 0.681 bits per heavy atom. The van der Waals surface area contributed by atoms with E-state index in [0.717, 1.165) is 9.52 Å². The third-order valence-electron chi connectivity index (χ3n) is 7.45. The number of halogens is 2. The molecule has 2 radical (unpaired) electrons. The van der Waals surface area contributed by atoms with Gasteiger partial charge in [0.15, 0.2) is 0 Å². The van der Waals surface area contributed by atoms with Crippen LogP contribution in [0.3, 0.4) is 0 Å². The van der Waals surface area contributed by atoms with Crippen LogP contribution in [0, 0.1) is 0 Å². The predicted octanol–water partition coefficient (Wildman–Crippen LogP) is 4.18. The third-order valence-corrected chi connectivity index (χ3v) is 8.70. The van der Waals surface area contributed by atoms with Gasteiger partial charge in [-0.3, -0.25) is 0 Å². The number of hydrogen-bond acceptors (Lipinski definition) is 0. The van der Waals surface area contributed by atoms with E-state index in [1.165, 1.54) is 53.5 Å². The van der Waals surface area contributed by atoms with Gasteiger partial charge in [-0.15, -0.1) is 99.0 Å². The second-order valence-corrected chi connectivity index (χ2v) is 11.9. The van der Waals surface area contributed by atoms with E-state index in [4.69, 9.17) is 0 Å². The zero-order valence-electron chi connectivity index (χ0n) is 25.8. The van der Waals surface area contributed by atoms with Crippen molar-refractivity contribution in [2.24, 2.45) is 0 Å². The van der Waals surface area contributed by atoms with Crippen LogP contribution in [0.25, 0.3) is 43.1 Å². The van der Waals surface area contributed by atoms with Crippen molar-refractivity contribution in [1.29, 1.82) is 0 Å². The van der Waals surface area contributed by atoms with E-state index in [0.29, 0.717) is 0 Å². The van der Waals surface area contributed by atoms with Gasteiger partial charge in [0, 0.05) is 25.8 Å². The molecule has 0 spiro atoms. The first-order valence-electron chi connectivity index (χ1n) is 14.9. The molecule has 0 saturated heterocycles. The molecule has 0 fully saturated rings. The first kappa shape index (κ1) is 37.5. The van der Waals surface area contributed by atoms with E-state index in [2.05, 4.69) is 200 Å². The van der Waals surface area contributed by atoms with Crippen molar-refractivity contribution in [2.75, 3.05) is 0 Å². The van der Waals surface area contributed by atoms with Crippen LogP contribution in [0.1, 0.15) is 0 Å². The van der Waals surface area contributed by atoms with Crippen molar-refractivity contribution < 1.29 is 50.7 Å². The van der Waals surface area contributed by atoms with Crippen molar-refractivity contribution in [3.05, 3.63) is 200 Å². The van der Waals surface area contributed by atoms with Gasteiger partial charge in [-0.25, -0.2) is 0 Å². The van der Waals surface area contributed by atoms with Crippen LogP contribution in [0.2, 0.25) is 0 Å². The zero-order chi connectivity index (χ0) is 29.8. The molecule has 4 heteroatoms. The van der Waals surface area contributed by atoms with E-state index in [1.807, 2.05) is 0 Å². The molecule has 0 unspecified atom stereocenters. The summed E-state index contributed by atoms with van der Waals surface area (Å²) in [6.07, 6.45) is 0. The fourth-order valence-electron chi connectivity index (χ4n) is 5.25. The van der Waals surface area contributed by atoms with Gasteiger partial charge in [-0.2, -0.15) is 35.0 Å². The summed E-state index contributed by atoms with van der Waals surface area (Å²) >= 11 is 0. The topological polar surface area (TPSA) is 0 Å². The Balaban J connectivity index is 0.000000169. The maximum atomic E-state index is 2.24. The third kappa shape index (κ3) is 10.5. The zero-order valence-corrected chi connectivity index (χ0v) is 31.9. The number of fused-ring (bicyclic) bond motifs is 5. The van der Waals surface area contributed by atoms with Crippen molar-refractivity contribution in [3.63, 3.8) is 0 Å². The summed E-state index contributed by atoms with van der Waals surface area (Å²) in [5, 5.41) is 13.5. The minimum Gasteiger partial charge on any atom is -1.00 e. The Bertz CT molecular complexity index is 1950. The number of benzene rings is 6. The molecule has 0 atom stereocenters. The monoisotopic (exact) mass is 827 g/mol. The summed E-state index contributed by atoms with van der Waals surface area (Å²) in [7, 11) is 0.777. The van der Waals surface area contributed by atoms with Gasteiger partial charge in [0.25, 0.3) is 0 Å². The fraction of sp³-hybridized carbons (Fsp3) is 0. The van der Waals surface area contributed by atoms with E-state index in [-0.39, 0.29) is 50.7 Å². The van der Waals surface area contributed by atoms with Gasteiger partial charge < -0.3 is 24.8 Å². The molecule has 0 N–H and O–H groups in total. The Hall–Kier alpha value is -3.92. The first-order chi connectivity index (χ1) is 21.8. The summed E-state index contributed by atoms with van der Waals surface area (Å²) < 4.78 is 0. The van der Waals surface area contributed by atoms with Crippen molar-refractivity contribution >= 4 is 63.0 Å². The Kier molecular flexibility index (Phi) is 15.7. The fourth-order valence-corrected chi connectivity index (χ4v) is 6.30. The second kappa shape index (κ2) is 19.7. The molecular weight excluding hydrogens is 794 g/mol. The van der Waals surface area contributed by atoms with Gasteiger partial charge >= 0.3 is 0 Å². The van der Waals surface area contributed by atoms with Gasteiger partial charge in [0.05, 0.1) is 0 Å². The molecule has 9 aromatic rings.